The molecule has 29 heavy (non-hydrogen) atoms. The minimum absolute atomic E-state index is 0. The van der Waals surface area contributed by atoms with Gasteiger partial charge in [-0.3, -0.25) is 9.98 Å². The Morgan fingerprint density at radius 3 is 2.48 bits per heavy atom. The zero-order valence-corrected chi connectivity index (χ0v) is 18.7. The van der Waals surface area contributed by atoms with E-state index in [4.69, 9.17) is 0 Å². The van der Waals surface area contributed by atoms with Gasteiger partial charge >= 0.3 is 0 Å². The molecule has 0 bridgehead atoms. The van der Waals surface area contributed by atoms with Crippen molar-refractivity contribution in [1.29, 1.82) is 0 Å². The number of pyridine rings is 1. The van der Waals surface area contributed by atoms with E-state index in [1.165, 1.54) is 17.5 Å². The van der Waals surface area contributed by atoms with E-state index < -0.39 is 0 Å². The second kappa shape index (κ2) is 9.87. The van der Waals surface area contributed by atoms with E-state index in [0.29, 0.717) is 6.54 Å². The number of anilines is 1. The maximum Gasteiger partial charge on any atom is 0.194 e. The van der Waals surface area contributed by atoms with E-state index in [2.05, 4.69) is 37.2 Å². The fourth-order valence-electron chi connectivity index (χ4n) is 3.65. The molecule has 0 saturated carbocycles. The summed E-state index contributed by atoms with van der Waals surface area (Å²) in [5.74, 6) is 0.683. The molecule has 1 aliphatic heterocycles. The quantitative estimate of drug-likeness (QED) is 0.334. The third-order valence-corrected chi connectivity index (χ3v) is 5.15. The summed E-state index contributed by atoms with van der Waals surface area (Å²) in [5.41, 5.74) is 2.08. The third kappa shape index (κ3) is 4.95. The lowest BCUT2D eigenvalue weighted by Gasteiger charge is -2.37. The average Bonchev–Trinajstić information content (AvgIpc) is 2.75. The van der Waals surface area contributed by atoms with Crippen LogP contribution in [0.4, 0.5) is 10.1 Å². The highest BCUT2D eigenvalue weighted by atomic mass is 127. The highest BCUT2D eigenvalue weighted by Crippen LogP contribution is 2.18. The Morgan fingerprint density at radius 1 is 1.03 bits per heavy atom. The van der Waals surface area contributed by atoms with Crippen LogP contribution in [0.3, 0.4) is 0 Å². The van der Waals surface area contributed by atoms with Crippen molar-refractivity contribution in [3.8, 4) is 0 Å². The van der Waals surface area contributed by atoms with Gasteiger partial charge in [0.05, 0.1) is 12.2 Å². The maximum atomic E-state index is 13.1. The minimum atomic E-state index is -0.200. The molecule has 3 aromatic rings. The summed E-state index contributed by atoms with van der Waals surface area (Å²) in [6.07, 6.45) is 1.85. The SMILES string of the molecule is CN=C(NCc1nccc2ccccc12)N1CCN(c2ccc(F)cc2)CC1.I. The Labute approximate surface area is 187 Å². The molecular formula is C22H25FIN5. The van der Waals surface area contributed by atoms with Crippen molar-refractivity contribution in [1.82, 2.24) is 15.2 Å². The summed E-state index contributed by atoms with van der Waals surface area (Å²) < 4.78 is 13.1. The Balaban J connectivity index is 0.00000240. The van der Waals surface area contributed by atoms with Gasteiger partial charge in [-0.05, 0) is 35.7 Å². The zero-order valence-electron chi connectivity index (χ0n) is 16.4. The van der Waals surface area contributed by atoms with Gasteiger partial charge in [-0.15, -0.1) is 24.0 Å². The van der Waals surface area contributed by atoms with E-state index in [1.54, 1.807) is 0 Å². The molecule has 0 radical (unpaired) electrons. The number of halogens is 2. The van der Waals surface area contributed by atoms with Crippen LogP contribution in [0.5, 0.6) is 0 Å². The lowest BCUT2D eigenvalue weighted by molar-refractivity contribution is 0.372. The lowest BCUT2D eigenvalue weighted by atomic mass is 10.1. The molecule has 1 saturated heterocycles. The van der Waals surface area contributed by atoms with Crippen LogP contribution in [0.2, 0.25) is 0 Å². The van der Waals surface area contributed by atoms with Gasteiger partial charge in [-0.2, -0.15) is 0 Å². The molecule has 0 amide bonds. The van der Waals surface area contributed by atoms with Gasteiger partial charge in [0.15, 0.2) is 5.96 Å². The number of fused-ring (bicyclic) bond motifs is 1. The molecule has 5 nitrogen and oxygen atoms in total. The smallest absolute Gasteiger partial charge is 0.194 e. The van der Waals surface area contributed by atoms with Crippen LogP contribution in [0.15, 0.2) is 65.8 Å². The predicted molar refractivity (Wildman–Crippen MR) is 128 cm³/mol. The van der Waals surface area contributed by atoms with E-state index in [-0.39, 0.29) is 29.8 Å². The maximum absolute atomic E-state index is 13.1. The Morgan fingerprint density at radius 2 is 1.76 bits per heavy atom. The molecule has 0 unspecified atom stereocenters. The molecule has 1 fully saturated rings. The molecule has 1 aliphatic rings. The number of benzene rings is 2. The summed E-state index contributed by atoms with van der Waals surface area (Å²) in [7, 11) is 1.81. The predicted octanol–water partition coefficient (Wildman–Crippen LogP) is 3.89. The van der Waals surface area contributed by atoms with Gasteiger partial charge in [-0.1, -0.05) is 24.3 Å². The molecular weight excluding hydrogens is 480 g/mol. The molecule has 2 aromatic carbocycles. The summed E-state index contributed by atoms with van der Waals surface area (Å²) in [5, 5.41) is 5.81. The number of hydrogen-bond donors (Lipinski definition) is 1. The number of nitrogens with one attached hydrogen (secondary N) is 1. The van der Waals surface area contributed by atoms with E-state index in [1.807, 2.05) is 43.6 Å². The van der Waals surface area contributed by atoms with Crippen LogP contribution in [-0.2, 0) is 6.54 Å². The number of hydrogen-bond acceptors (Lipinski definition) is 3. The normalized spacial score (nSPS) is 14.6. The molecule has 0 aliphatic carbocycles. The van der Waals surface area contributed by atoms with Crippen LogP contribution in [0, 0.1) is 5.82 Å². The van der Waals surface area contributed by atoms with Crippen LogP contribution in [0.1, 0.15) is 5.69 Å². The van der Waals surface area contributed by atoms with Crippen molar-refractivity contribution >= 4 is 46.4 Å². The second-order valence-corrected chi connectivity index (χ2v) is 6.83. The lowest BCUT2D eigenvalue weighted by Crippen LogP contribution is -2.52. The van der Waals surface area contributed by atoms with Crippen molar-refractivity contribution in [2.75, 3.05) is 38.1 Å². The Kier molecular flexibility index (Phi) is 7.24. The number of nitrogens with zero attached hydrogens (tertiary/aromatic N) is 4. The highest BCUT2D eigenvalue weighted by molar-refractivity contribution is 14.0. The number of aliphatic imine (C=N–C) groups is 1. The molecule has 0 atom stereocenters. The second-order valence-electron chi connectivity index (χ2n) is 6.83. The standard InChI is InChI=1S/C22H24FN5.HI/c1-24-22(26-16-21-20-5-3-2-4-17(20)10-11-25-21)28-14-12-27(13-15-28)19-8-6-18(23)7-9-19;/h2-11H,12-16H2,1H3,(H,24,26);1H. The Hall–Kier alpha value is -2.42. The highest BCUT2D eigenvalue weighted by Gasteiger charge is 2.20. The summed E-state index contributed by atoms with van der Waals surface area (Å²) in [4.78, 5) is 13.5. The molecule has 1 N–H and O–H groups in total. The first kappa shape index (κ1) is 21.3. The molecule has 1 aromatic heterocycles. The van der Waals surface area contributed by atoms with Gasteiger partial charge in [0.2, 0.25) is 0 Å². The largest absolute Gasteiger partial charge is 0.368 e. The average molecular weight is 505 g/mol. The van der Waals surface area contributed by atoms with Crippen molar-refractivity contribution < 1.29 is 4.39 Å². The number of rotatable bonds is 3. The fourth-order valence-corrected chi connectivity index (χ4v) is 3.65. The van der Waals surface area contributed by atoms with Crippen molar-refractivity contribution in [3.05, 3.63) is 72.3 Å². The van der Waals surface area contributed by atoms with Gasteiger partial charge in [-0.25, -0.2) is 4.39 Å². The number of piperazine rings is 1. The fraction of sp³-hybridized carbons (Fsp3) is 0.273. The zero-order chi connectivity index (χ0) is 19.3. The summed E-state index contributed by atoms with van der Waals surface area (Å²) in [6.45, 7) is 4.10. The van der Waals surface area contributed by atoms with Gasteiger partial charge in [0.25, 0.3) is 0 Å². The first-order valence-corrected chi connectivity index (χ1v) is 9.53. The van der Waals surface area contributed by atoms with Crippen molar-refractivity contribution in [3.63, 3.8) is 0 Å². The molecule has 7 heteroatoms. The number of guanidine groups is 1. The molecule has 152 valence electrons. The molecule has 4 rings (SSSR count). The monoisotopic (exact) mass is 505 g/mol. The van der Waals surface area contributed by atoms with E-state index >= 15 is 0 Å². The van der Waals surface area contributed by atoms with Crippen LogP contribution in [-0.4, -0.2) is 49.1 Å². The van der Waals surface area contributed by atoms with Crippen LogP contribution >= 0.6 is 24.0 Å². The summed E-state index contributed by atoms with van der Waals surface area (Å²) >= 11 is 0. The number of aromatic nitrogens is 1. The van der Waals surface area contributed by atoms with Gasteiger partial charge in [0, 0.05) is 50.5 Å². The minimum Gasteiger partial charge on any atom is -0.368 e. The molecule has 2 heterocycles. The van der Waals surface area contributed by atoms with Crippen LogP contribution < -0.4 is 10.2 Å². The summed E-state index contributed by atoms with van der Waals surface area (Å²) in [6, 6.07) is 17.0. The van der Waals surface area contributed by atoms with Gasteiger partial charge < -0.3 is 15.1 Å². The third-order valence-electron chi connectivity index (χ3n) is 5.15. The Bertz CT molecular complexity index is 963. The van der Waals surface area contributed by atoms with Crippen LogP contribution in [0.25, 0.3) is 10.8 Å². The topological polar surface area (TPSA) is 43.8 Å². The van der Waals surface area contributed by atoms with E-state index in [9.17, 15) is 4.39 Å². The van der Waals surface area contributed by atoms with Gasteiger partial charge in [0.1, 0.15) is 5.82 Å². The van der Waals surface area contributed by atoms with Crippen molar-refractivity contribution in [2.24, 2.45) is 4.99 Å². The first-order chi connectivity index (χ1) is 13.7. The van der Waals surface area contributed by atoms with Crippen molar-refractivity contribution in [2.45, 2.75) is 6.54 Å². The van der Waals surface area contributed by atoms with E-state index in [0.717, 1.165) is 48.9 Å². The molecule has 0 spiro atoms. The first-order valence-electron chi connectivity index (χ1n) is 9.53.